The Bertz CT molecular complexity index is 1900. The van der Waals surface area contributed by atoms with Crippen LogP contribution in [0.5, 0.6) is 0 Å². The number of anilines is 3. The third kappa shape index (κ3) is 5.90. The van der Waals surface area contributed by atoms with E-state index in [-0.39, 0.29) is 0 Å². The van der Waals surface area contributed by atoms with E-state index in [9.17, 15) is 0 Å². The molecular formula is C42H38BNO2. The van der Waals surface area contributed by atoms with Crippen LogP contribution in [0.2, 0.25) is 0 Å². The van der Waals surface area contributed by atoms with Gasteiger partial charge in [0, 0.05) is 17.1 Å². The summed E-state index contributed by atoms with van der Waals surface area (Å²) >= 11 is 0. The van der Waals surface area contributed by atoms with Crippen molar-refractivity contribution in [2.75, 3.05) is 4.90 Å². The van der Waals surface area contributed by atoms with E-state index in [1.165, 1.54) is 33.4 Å². The van der Waals surface area contributed by atoms with Gasteiger partial charge in [0.05, 0.1) is 11.2 Å². The lowest BCUT2D eigenvalue weighted by Crippen LogP contribution is -2.41. The number of benzene rings is 6. The average molecular weight is 600 g/mol. The zero-order valence-corrected chi connectivity index (χ0v) is 26.9. The largest absolute Gasteiger partial charge is 0.494 e. The fourth-order valence-electron chi connectivity index (χ4n) is 5.96. The van der Waals surface area contributed by atoms with E-state index < -0.39 is 18.3 Å². The van der Waals surface area contributed by atoms with Crippen molar-refractivity contribution in [3.05, 3.63) is 158 Å². The van der Waals surface area contributed by atoms with Crippen molar-refractivity contribution in [3.8, 4) is 33.4 Å². The number of rotatable bonds is 7. The predicted molar refractivity (Wildman–Crippen MR) is 193 cm³/mol. The van der Waals surface area contributed by atoms with E-state index in [1.54, 1.807) is 0 Å². The molecule has 7 rings (SSSR count). The van der Waals surface area contributed by atoms with Crippen LogP contribution >= 0.6 is 0 Å². The van der Waals surface area contributed by atoms with Crippen LogP contribution in [0.25, 0.3) is 33.4 Å². The molecule has 0 aromatic heterocycles. The van der Waals surface area contributed by atoms with Crippen molar-refractivity contribution in [1.29, 1.82) is 0 Å². The zero-order chi connectivity index (χ0) is 31.7. The highest BCUT2D eigenvalue weighted by Crippen LogP contribution is 2.39. The van der Waals surface area contributed by atoms with Crippen molar-refractivity contribution < 1.29 is 9.31 Å². The minimum Gasteiger partial charge on any atom is -0.399 e. The van der Waals surface area contributed by atoms with Crippen LogP contribution in [-0.4, -0.2) is 18.3 Å². The van der Waals surface area contributed by atoms with Gasteiger partial charge in [-0.2, -0.15) is 0 Å². The zero-order valence-electron chi connectivity index (χ0n) is 26.9. The molecular weight excluding hydrogens is 561 g/mol. The second-order valence-corrected chi connectivity index (χ2v) is 12.9. The molecule has 0 N–H and O–H groups in total. The summed E-state index contributed by atoms with van der Waals surface area (Å²) in [6.07, 6.45) is 0. The number of nitrogens with zero attached hydrogens (tertiary/aromatic N) is 1. The Labute approximate surface area is 273 Å². The molecule has 0 aliphatic carbocycles. The molecule has 0 spiro atoms. The summed E-state index contributed by atoms with van der Waals surface area (Å²) in [5.74, 6) is 0. The standard InChI is InChI=1S/C42H38BNO2/c1-41(2)42(3,4)46-43(45-41)37-16-11-17-40(30-37)44(38-26-22-35(23-27-38)32-14-9-6-10-15-32)39-28-24-36(25-29-39)34-20-18-33(19-21-34)31-12-7-5-8-13-31/h5-30H,1-4H3. The molecule has 1 heterocycles. The van der Waals surface area contributed by atoms with Crippen LogP contribution in [0.15, 0.2) is 158 Å². The first-order valence-corrected chi connectivity index (χ1v) is 15.9. The number of hydrogen-bond acceptors (Lipinski definition) is 3. The molecule has 0 atom stereocenters. The minimum atomic E-state index is -0.437. The average Bonchev–Trinajstić information content (AvgIpc) is 3.32. The number of hydrogen-bond donors (Lipinski definition) is 0. The van der Waals surface area contributed by atoms with Crippen molar-refractivity contribution in [3.63, 3.8) is 0 Å². The van der Waals surface area contributed by atoms with E-state index in [1.807, 2.05) is 12.1 Å². The monoisotopic (exact) mass is 599 g/mol. The highest BCUT2D eigenvalue weighted by atomic mass is 16.7. The van der Waals surface area contributed by atoms with Crippen LogP contribution in [0, 0.1) is 0 Å². The first kappa shape index (κ1) is 29.8. The molecule has 6 aromatic carbocycles. The molecule has 0 unspecified atom stereocenters. The lowest BCUT2D eigenvalue weighted by molar-refractivity contribution is 0.00578. The summed E-state index contributed by atoms with van der Waals surface area (Å²) in [6, 6.07) is 55.9. The smallest absolute Gasteiger partial charge is 0.399 e. The van der Waals surface area contributed by atoms with E-state index in [0.29, 0.717) is 0 Å². The van der Waals surface area contributed by atoms with Gasteiger partial charge in [0.25, 0.3) is 0 Å². The van der Waals surface area contributed by atoms with E-state index >= 15 is 0 Å². The van der Waals surface area contributed by atoms with Gasteiger partial charge in [0.2, 0.25) is 0 Å². The molecule has 4 heteroatoms. The normalized spacial score (nSPS) is 15.1. The molecule has 226 valence electrons. The van der Waals surface area contributed by atoms with E-state index in [0.717, 1.165) is 22.5 Å². The van der Waals surface area contributed by atoms with Crippen LogP contribution in [0.4, 0.5) is 17.1 Å². The van der Waals surface area contributed by atoms with Gasteiger partial charge in [-0.1, -0.05) is 121 Å². The van der Waals surface area contributed by atoms with Crippen molar-refractivity contribution in [2.45, 2.75) is 38.9 Å². The third-order valence-corrected chi connectivity index (χ3v) is 9.34. The van der Waals surface area contributed by atoms with Gasteiger partial charge in [-0.3, -0.25) is 0 Å². The molecule has 46 heavy (non-hydrogen) atoms. The first-order valence-electron chi connectivity index (χ1n) is 15.9. The molecule has 1 saturated heterocycles. The predicted octanol–water partition coefficient (Wildman–Crippen LogP) is 10.5. The molecule has 0 bridgehead atoms. The lowest BCUT2D eigenvalue weighted by atomic mass is 9.79. The molecule has 0 saturated carbocycles. The molecule has 0 amide bonds. The summed E-state index contributed by atoms with van der Waals surface area (Å²) in [4.78, 5) is 2.30. The second-order valence-electron chi connectivity index (χ2n) is 12.9. The third-order valence-electron chi connectivity index (χ3n) is 9.34. The highest BCUT2D eigenvalue weighted by Gasteiger charge is 2.51. The quantitative estimate of drug-likeness (QED) is 0.171. The van der Waals surface area contributed by atoms with Crippen molar-refractivity contribution in [1.82, 2.24) is 0 Å². The fourth-order valence-corrected chi connectivity index (χ4v) is 5.96. The van der Waals surface area contributed by atoms with Crippen molar-refractivity contribution >= 4 is 29.6 Å². The molecule has 0 radical (unpaired) electrons. The summed E-state index contributed by atoms with van der Waals surface area (Å²) in [7, 11) is -0.437. The maximum atomic E-state index is 6.42. The SMILES string of the molecule is CC1(C)OB(c2cccc(N(c3ccc(-c4ccccc4)cc3)c3ccc(-c4ccc(-c5ccccc5)cc4)cc3)c2)OC1(C)C. The molecule has 1 aliphatic rings. The minimum absolute atomic E-state index is 0.407. The summed E-state index contributed by atoms with van der Waals surface area (Å²) < 4.78 is 12.8. The van der Waals surface area contributed by atoms with Gasteiger partial charge in [-0.25, -0.2) is 0 Å². The molecule has 1 fully saturated rings. The topological polar surface area (TPSA) is 21.7 Å². The van der Waals surface area contributed by atoms with Crippen LogP contribution in [0.1, 0.15) is 27.7 Å². The van der Waals surface area contributed by atoms with Gasteiger partial charge >= 0.3 is 7.12 Å². The Morgan fingerprint density at radius 2 is 0.761 bits per heavy atom. The molecule has 1 aliphatic heterocycles. The summed E-state index contributed by atoms with van der Waals surface area (Å²) in [5.41, 5.74) is 10.6. The molecule has 3 nitrogen and oxygen atoms in total. The van der Waals surface area contributed by atoms with E-state index in [4.69, 9.17) is 9.31 Å². The Morgan fingerprint density at radius 1 is 0.391 bits per heavy atom. The summed E-state index contributed by atoms with van der Waals surface area (Å²) in [6.45, 7) is 8.37. The van der Waals surface area contributed by atoms with Crippen LogP contribution in [0.3, 0.4) is 0 Å². The fraction of sp³-hybridized carbons (Fsp3) is 0.143. The Kier molecular flexibility index (Phi) is 7.86. The Hall–Kier alpha value is -4.90. The lowest BCUT2D eigenvalue weighted by Gasteiger charge is -2.32. The van der Waals surface area contributed by atoms with E-state index in [2.05, 4.69) is 178 Å². The van der Waals surface area contributed by atoms with Gasteiger partial charge < -0.3 is 14.2 Å². The van der Waals surface area contributed by atoms with Crippen LogP contribution in [-0.2, 0) is 9.31 Å². The van der Waals surface area contributed by atoms with Gasteiger partial charge in [-0.15, -0.1) is 0 Å². The maximum Gasteiger partial charge on any atom is 0.494 e. The molecule has 6 aromatic rings. The Morgan fingerprint density at radius 3 is 1.17 bits per heavy atom. The van der Waals surface area contributed by atoms with Gasteiger partial charge in [0.1, 0.15) is 0 Å². The van der Waals surface area contributed by atoms with Crippen LogP contribution < -0.4 is 10.4 Å². The second kappa shape index (κ2) is 12.1. The van der Waals surface area contributed by atoms with Gasteiger partial charge in [-0.05, 0) is 103 Å². The Balaban J connectivity index is 1.23. The highest BCUT2D eigenvalue weighted by molar-refractivity contribution is 6.62. The van der Waals surface area contributed by atoms with Crippen molar-refractivity contribution in [2.24, 2.45) is 0 Å². The van der Waals surface area contributed by atoms with Gasteiger partial charge in [0.15, 0.2) is 0 Å². The maximum absolute atomic E-state index is 6.42. The first-order chi connectivity index (χ1) is 22.3. The summed E-state index contributed by atoms with van der Waals surface area (Å²) in [5, 5.41) is 0.